The molecular formula is C23H20F3N7. The number of rotatable bonds is 6. The van der Waals surface area contributed by atoms with Crippen LogP contribution in [0.4, 0.5) is 19.1 Å². The van der Waals surface area contributed by atoms with Crippen LogP contribution in [0.5, 0.6) is 0 Å². The average molecular weight is 451 g/mol. The first-order valence-corrected chi connectivity index (χ1v) is 10.5. The largest absolute Gasteiger partial charge is 0.359 e. The zero-order valence-corrected chi connectivity index (χ0v) is 17.9. The lowest BCUT2D eigenvalue weighted by molar-refractivity contribution is 0.591. The molecule has 0 radical (unpaired) electrons. The molecule has 7 nitrogen and oxygen atoms in total. The van der Waals surface area contributed by atoms with E-state index < -0.39 is 17.5 Å². The highest BCUT2D eigenvalue weighted by molar-refractivity contribution is 5.83. The summed E-state index contributed by atoms with van der Waals surface area (Å²) in [6.07, 6.45) is 6.49. The molecule has 0 aliphatic carbocycles. The van der Waals surface area contributed by atoms with Gasteiger partial charge in [0.15, 0.2) is 11.5 Å². The summed E-state index contributed by atoms with van der Waals surface area (Å²) in [5, 5.41) is 8.14. The molecule has 5 rings (SSSR count). The number of nitrogens with zero attached hydrogens (tertiary/aromatic N) is 5. The Morgan fingerprint density at radius 2 is 1.88 bits per heavy atom. The number of halogens is 3. The highest BCUT2D eigenvalue weighted by Crippen LogP contribution is 2.25. The maximum Gasteiger partial charge on any atom is 0.227 e. The van der Waals surface area contributed by atoms with Gasteiger partial charge in [-0.05, 0) is 30.0 Å². The maximum absolute atomic E-state index is 14.0. The van der Waals surface area contributed by atoms with E-state index in [0.717, 1.165) is 23.4 Å². The first kappa shape index (κ1) is 20.9. The van der Waals surface area contributed by atoms with Gasteiger partial charge in [-0.25, -0.2) is 18.2 Å². The summed E-state index contributed by atoms with van der Waals surface area (Å²) in [6, 6.07) is 3.49. The Balaban J connectivity index is 1.48. The van der Waals surface area contributed by atoms with Gasteiger partial charge in [0.25, 0.3) is 0 Å². The number of hydrogen-bond acceptors (Lipinski definition) is 5. The van der Waals surface area contributed by atoms with Crippen molar-refractivity contribution >= 4 is 22.5 Å². The molecule has 2 N–H and O–H groups in total. The fraction of sp³-hybridized carbons (Fsp3) is 0.217. The van der Waals surface area contributed by atoms with Crippen LogP contribution in [-0.2, 0) is 6.42 Å². The summed E-state index contributed by atoms with van der Waals surface area (Å²) in [5.41, 5.74) is 3.01. The molecule has 0 aliphatic rings. The van der Waals surface area contributed by atoms with Crippen LogP contribution in [0.25, 0.3) is 27.9 Å². The molecule has 0 saturated heterocycles. The molecule has 4 heterocycles. The van der Waals surface area contributed by atoms with Crippen LogP contribution < -0.4 is 5.32 Å². The first-order valence-electron chi connectivity index (χ1n) is 10.5. The number of fused-ring (bicyclic) bond motifs is 2. The first-order chi connectivity index (χ1) is 15.9. The van der Waals surface area contributed by atoms with Gasteiger partial charge < -0.3 is 10.3 Å². The highest BCUT2D eigenvalue weighted by atomic mass is 19.1. The van der Waals surface area contributed by atoms with Crippen molar-refractivity contribution < 1.29 is 13.2 Å². The molecule has 168 valence electrons. The Kier molecular flexibility index (Phi) is 5.20. The Morgan fingerprint density at radius 3 is 2.67 bits per heavy atom. The average Bonchev–Trinajstić information content (AvgIpc) is 3.38. The van der Waals surface area contributed by atoms with E-state index in [2.05, 4.69) is 30.4 Å². The van der Waals surface area contributed by atoms with Crippen molar-refractivity contribution in [2.24, 2.45) is 0 Å². The number of benzene rings is 1. The second kappa shape index (κ2) is 8.19. The summed E-state index contributed by atoms with van der Waals surface area (Å²) in [4.78, 5) is 15.9. The highest BCUT2D eigenvalue weighted by Gasteiger charge is 2.17. The third kappa shape index (κ3) is 3.88. The molecule has 0 amide bonds. The molecular weight excluding hydrogens is 431 g/mol. The van der Waals surface area contributed by atoms with Gasteiger partial charge in [0, 0.05) is 41.5 Å². The van der Waals surface area contributed by atoms with Crippen molar-refractivity contribution in [2.45, 2.75) is 26.2 Å². The van der Waals surface area contributed by atoms with Gasteiger partial charge >= 0.3 is 0 Å². The summed E-state index contributed by atoms with van der Waals surface area (Å²) < 4.78 is 43.0. The molecule has 0 spiro atoms. The van der Waals surface area contributed by atoms with Gasteiger partial charge in [-0.15, -0.1) is 0 Å². The lowest BCUT2D eigenvalue weighted by Crippen LogP contribution is -2.12. The van der Waals surface area contributed by atoms with Crippen LogP contribution >= 0.6 is 0 Å². The minimum Gasteiger partial charge on any atom is -0.359 e. The number of aromatic nitrogens is 6. The summed E-state index contributed by atoms with van der Waals surface area (Å²) in [7, 11) is 0. The number of hydrogen-bond donors (Lipinski definition) is 2. The number of aromatic amines is 1. The molecule has 0 fully saturated rings. The van der Waals surface area contributed by atoms with E-state index in [1.54, 1.807) is 16.9 Å². The van der Waals surface area contributed by atoms with Crippen molar-refractivity contribution in [3.63, 3.8) is 0 Å². The summed E-state index contributed by atoms with van der Waals surface area (Å²) >= 11 is 0. The van der Waals surface area contributed by atoms with Crippen LogP contribution in [-0.4, -0.2) is 36.1 Å². The molecule has 0 aliphatic heterocycles. The van der Waals surface area contributed by atoms with Crippen molar-refractivity contribution in [1.29, 1.82) is 0 Å². The monoisotopic (exact) mass is 451 g/mol. The van der Waals surface area contributed by atoms with Gasteiger partial charge in [0.05, 0.1) is 17.9 Å². The molecule has 0 atom stereocenters. The van der Waals surface area contributed by atoms with Gasteiger partial charge in [-0.2, -0.15) is 14.6 Å². The predicted octanol–water partition coefficient (Wildman–Crippen LogP) is 4.86. The van der Waals surface area contributed by atoms with Crippen molar-refractivity contribution in [3.05, 3.63) is 71.6 Å². The SMILES string of the molecule is CC(C)c1cnn2c(NCCc3c[nH]c4c(F)cc(F)cc34)nc(-c3cncc(F)c3)nc12. The van der Waals surface area contributed by atoms with E-state index in [4.69, 9.17) is 0 Å². The molecule has 0 bridgehead atoms. The van der Waals surface area contributed by atoms with E-state index in [0.29, 0.717) is 41.3 Å². The fourth-order valence-electron chi connectivity index (χ4n) is 3.81. The summed E-state index contributed by atoms with van der Waals surface area (Å²) in [5.74, 6) is -0.842. The van der Waals surface area contributed by atoms with Crippen LogP contribution in [0.2, 0.25) is 0 Å². The van der Waals surface area contributed by atoms with Crippen LogP contribution in [0.15, 0.2) is 43.0 Å². The second-order valence-electron chi connectivity index (χ2n) is 8.05. The van der Waals surface area contributed by atoms with Gasteiger partial charge in [0.1, 0.15) is 17.5 Å². The summed E-state index contributed by atoms with van der Waals surface area (Å²) in [6.45, 7) is 4.48. The minimum absolute atomic E-state index is 0.166. The Labute approximate surface area is 186 Å². The standard InChI is InChI=1S/C23H20F3N7/c1-12(2)18-11-30-33-22(18)31-21(14-5-16(25)10-27-8-14)32-23(33)28-4-3-13-9-29-20-17(13)6-15(24)7-19(20)26/h5-12,29H,3-4H2,1-2H3,(H,28,31,32). The third-order valence-corrected chi connectivity index (χ3v) is 5.45. The topological polar surface area (TPSA) is 83.8 Å². The van der Waals surface area contributed by atoms with Crippen molar-refractivity contribution in [3.8, 4) is 11.4 Å². The smallest absolute Gasteiger partial charge is 0.227 e. The molecule has 33 heavy (non-hydrogen) atoms. The lowest BCUT2D eigenvalue weighted by Gasteiger charge is -2.10. The quantitative estimate of drug-likeness (QED) is 0.385. The molecule has 4 aromatic heterocycles. The predicted molar refractivity (Wildman–Crippen MR) is 118 cm³/mol. The van der Waals surface area contributed by atoms with E-state index in [9.17, 15) is 13.2 Å². The molecule has 10 heteroatoms. The molecule has 0 unspecified atom stereocenters. The van der Waals surface area contributed by atoms with E-state index >= 15 is 0 Å². The number of nitrogens with one attached hydrogen (secondary N) is 2. The van der Waals surface area contributed by atoms with Crippen molar-refractivity contribution in [2.75, 3.05) is 11.9 Å². The Morgan fingerprint density at radius 1 is 1.03 bits per heavy atom. The maximum atomic E-state index is 14.0. The van der Waals surface area contributed by atoms with Crippen molar-refractivity contribution in [1.82, 2.24) is 29.5 Å². The van der Waals surface area contributed by atoms with Crippen LogP contribution in [0.3, 0.4) is 0 Å². The zero-order chi connectivity index (χ0) is 23.1. The zero-order valence-electron chi connectivity index (χ0n) is 17.9. The van der Waals surface area contributed by atoms with E-state index in [1.807, 2.05) is 13.8 Å². The molecule has 0 saturated carbocycles. The second-order valence-corrected chi connectivity index (χ2v) is 8.05. The van der Waals surface area contributed by atoms with E-state index in [1.165, 1.54) is 18.3 Å². The third-order valence-electron chi connectivity index (χ3n) is 5.45. The minimum atomic E-state index is -0.632. The Bertz CT molecular complexity index is 1470. The van der Waals surface area contributed by atoms with Crippen LogP contribution in [0.1, 0.15) is 30.9 Å². The Hall–Kier alpha value is -3.95. The van der Waals surface area contributed by atoms with E-state index in [-0.39, 0.29) is 11.4 Å². The lowest BCUT2D eigenvalue weighted by atomic mass is 10.1. The fourth-order valence-corrected chi connectivity index (χ4v) is 3.81. The van der Waals surface area contributed by atoms with Crippen LogP contribution in [0, 0.1) is 17.5 Å². The van der Waals surface area contributed by atoms with Gasteiger partial charge in [0.2, 0.25) is 5.95 Å². The molecule has 1 aromatic carbocycles. The number of H-pyrrole nitrogens is 1. The normalized spacial score (nSPS) is 11.7. The van der Waals surface area contributed by atoms with Gasteiger partial charge in [-0.1, -0.05) is 13.8 Å². The number of pyridine rings is 1. The van der Waals surface area contributed by atoms with Gasteiger partial charge in [-0.3, -0.25) is 4.98 Å². The number of anilines is 1. The molecule has 5 aromatic rings.